The van der Waals surface area contributed by atoms with Gasteiger partial charge in [0.05, 0.1) is 22.9 Å². The summed E-state index contributed by atoms with van der Waals surface area (Å²) in [7, 11) is 0. The number of nitrogens with zero attached hydrogens (tertiary/aromatic N) is 3. The topological polar surface area (TPSA) is 100 Å². The molecule has 8 nitrogen and oxygen atoms in total. The Bertz CT molecular complexity index is 1050. The van der Waals surface area contributed by atoms with Gasteiger partial charge in [0.2, 0.25) is 0 Å². The summed E-state index contributed by atoms with van der Waals surface area (Å²) >= 11 is 0. The number of likely N-dealkylation sites (tertiary alicyclic amines) is 1. The highest BCUT2D eigenvalue weighted by molar-refractivity contribution is 6.07. The van der Waals surface area contributed by atoms with Gasteiger partial charge in [-0.3, -0.25) is 4.98 Å². The highest BCUT2D eigenvalue weighted by atomic mass is 16.6. The van der Waals surface area contributed by atoms with E-state index in [1.54, 1.807) is 11.1 Å². The molecular formula is C26H35N5O3. The maximum absolute atomic E-state index is 12.3. The zero-order valence-corrected chi connectivity index (χ0v) is 20.3. The summed E-state index contributed by atoms with van der Waals surface area (Å²) in [5.74, 6) is 0.419. The lowest BCUT2D eigenvalue weighted by atomic mass is 9.90. The number of hydrogen-bond acceptors (Lipinski definition) is 7. The Balaban J connectivity index is 1.44. The van der Waals surface area contributed by atoms with E-state index in [-0.39, 0.29) is 12.1 Å². The van der Waals surface area contributed by atoms with Crippen molar-refractivity contribution in [1.29, 1.82) is 5.41 Å². The Morgan fingerprint density at radius 1 is 1.21 bits per heavy atom. The van der Waals surface area contributed by atoms with Crippen LogP contribution in [0.25, 0.3) is 16.6 Å². The Hall–Kier alpha value is -3.00. The van der Waals surface area contributed by atoms with Gasteiger partial charge in [-0.1, -0.05) is 12.1 Å². The molecular weight excluding hydrogens is 430 g/mol. The number of para-hydroxylation sites is 1. The van der Waals surface area contributed by atoms with E-state index in [9.17, 15) is 4.79 Å². The average Bonchev–Trinajstić information content (AvgIpc) is 2.84. The second-order valence-corrected chi connectivity index (χ2v) is 10.0. The van der Waals surface area contributed by atoms with Crippen molar-refractivity contribution in [3.63, 3.8) is 0 Å². The van der Waals surface area contributed by atoms with Crippen molar-refractivity contribution in [3.8, 4) is 0 Å². The number of ether oxygens (including phenoxy) is 2. The van der Waals surface area contributed by atoms with E-state index >= 15 is 0 Å². The van der Waals surface area contributed by atoms with Gasteiger partial charge in [-0.05, 0) is 64.0 Å². The number of allylic oxidation sites excluding steroid dienone is 1. The minimum Gasteiger partial charge on any atom is -0.444 e. The van der Waals surface area contributed by atoms with Crippen molar-refractivity contribution in [3.05, 3.63) is 41.9 Å². The molecule has 0 spiro atoms. The molecule has 4 rings (SSSR count). The number of piperidine rings is 1. The molecule has 1 aromatic heterocycles. The van der Waals surface area contributed by atoms with Crippen LogP contribution in [0, 0.1) is 5.41 Å². The van der Waals surface area contributed by atoms with Gasteiger partial charge < -0.3 is 25.1 Å². The van der Waals surface area contributed by atoms with Gasteiger partial charge in [-0.2, -0.15) is 0 Å². The number of hydrogen-bond donors (Lipinski definition) is 2. The van der Waals surface area contributed by atoms with Crippen LogP contribution < -0.4 is 5.32 Å². The summed E-state index contributed by atoms with van der Waals surface area (Å²) in [6.45, 7) is 8.48. The summed E-state index contributed by atoms with van der Waals surface area (Å²) in [6, 6.07) is 6.39. The predicted octanol–water partition coefficient (Wildman–Crippen LogP) is 4.50. The number of fused-ring (bicyclic) bond motifs is 1. The van der Waals surface area contributed by atoms with E-state index in [1.165, 1.54) is 11.8 Å². The molecule has 2 fully saturated rings. The first-order chi connectivity index (χ1) is 16.3. The second kappa shape index (κ2) is 10.5. The van der Waals surface area contributed by atoms with Crippen molar-refractivity contribution >= 4 is 28.9 Å². The van der Waals surface area contributed by atoms with Crippen molar-refractivity contribution in [2.75, 3.05) is 26.3 Å². The molecule has 182 valence electrons. The van der Waals surface area contributed by atoms with Crippen LogP contribution in [0.5, 0.6) is 0 Å². The highest BCUT2D eigenvalue weighted by Crippen LogP contribution is 2.31. The van der Waals surface area contributed by atoms with Crippen molar-refractivity contribution in [2.45, 2.75) is 64.0 Å². The zero-order valence-electron chi connectivity index (χ0n) is 20.3. The molecule has 1 aromatic carbocycles. The maximum atomic E-state index is 12.3. The Labute approximate surface area is 201 Å². The van der Waals surface area contributed by atoms with Gasteiger partial charge in [0.25, 0.3) is 0 Å². The molecule has 2 saturated heterocycles. The van der Waals surface area contributed by atoms with Crippen LogP contribution >= 0.6 is 0 Å². The lowest BCUT2D eigenvalue weighted by Crippen LogP contribution is -2.45. The number of carbonyl (C=O) groups is 1. The number of benzene rings is 1. The molecule has 0 bridgehead atoms. The zero-order chi connectivity index (χ0) is 24.1. The molecule has 0 unspecified atom stereocenters. The summed E-state index contributed by atoms with van der Waals surface area (Å²) in [5, 5.41) is 11.4. The number of aromatic nitrogens is 2. The van der Waals surface area contributed by atoms with E-state index in [2.05, 4.69) is 16.4 Å². The van der Waals surface area contributed by atoms with Crippen molar-refractivity contribution < 1.29 is 14.3 Å². The van der Waals surface area contributed by atoms with Crippen LogP contribution in [0.2, 0.25) is 0 Å². The molecule has 0 saturated carbocycles. The third-order valence-electron chi connectivity index (χ3n) is 6.34. The Kier molecular flexibility index (Phi) is 7.46. The molecule has 2 N–H and O–H groups in total. The first-order valence-electron chi connectivity index (χ1n) is 12.1. The van der Waals surface area contributed by atoms with E-state index in [0.29, 0.717) is 30.3 Å². The lowest BCUT2D eigenvalue weighted by Gasteiger charge is -2.33. The molecule has 1 amide bonds. The number of amides is 1. The van der Waals surface area contributed by atoms with Gasteiger partial charge in [0.15, 0.2) is 0 Å². The monoisotopic (exact) mass is 465 g/mol. The standard InChI is InChI=1S/C26H35N5O3/c1-26(2,3)34-25(32)31-11-7-20(8-12-31)28-16-19(15-27)23-17-29-22-6-4-5-21(24(22)30-23)18-9-13-33-14-10-18/h4-6,15-18,20,27-28H,7-14H2,1-3H3/b19-16+,27-15?. The predicted molar refractivity (Wildman–Crippen MR) is 133 cm³/mol. The highest BCUT2D eigenvalue weighted by Gasteiger charge is 2.26. The summed E-state index contributed by atoms with van der Waals surface area (Å²) in [4.78, 5) is 23.6. The lowest BCUT2D eigenvalue weighted by molar-refractivity contribution is 0.0201. The smallest absolute Gasteiger partial charge is 0.410 e. The molecule has 34 heavy (non-hydrogen) atoms. The van der Waals surface area contributed by atoms with Crippen molar-refractivity contribution in [2.24, 2.45) is 0 Å². The molecule has 2 aliphatic heterocycles. The quantitative estimate of drug-likeness (QED) is 0.631. The molecule has 0 radical (unpaired) electrons. The number of rotatable bonds is 5. The Morgan fingerprint density at radius 3 is 2.62 bits per heavy atom. The molecule has 0 atom stereocenters. The maximum Gasteiger partial charge on any atom is 0.410 e. The van der Waals surface area contributed by atoms with Crippen molar-refractivity contribution in [1.82, 2.24) is 20.2 Å². The number of carbonyl (C=O) groups excluding carboxylic acids is 1. The molecule has 8 heteroatoms. The van der Waals surface area contributed by atoms with Crippen LogP contribution in [-0.2, 0) is 9.47 Å². The van der Waals surface area contributed by atoms with E-state index in [1.807, 2.05) is 39.1 Å². The minimum absolute atomic E-state index is 0.222. The third-order valence-corrected chi connectivity index (χ3v) is 6.34. The van der Waals surface area contributed by atoms with Crippen LogP contribution in [0.1, 0.15) is 63.6 Å². The molecule has 3 heterocycles. The Morgan fingerprint density at radius 2 is 1.94 bits per heavy atom. The minimum atomic E-state index is -0.487. The second-order valence-electron chi connectivity index (χ2n) is 10.0. The largest absolute Gasteiger partial charge is 0.444 e. The fraction of sp³-hybridized carbons (Fsp3) is 0.538. The van der Waals surface area contributed by atoms with E-state index in [4.69, 9.17) is 19.9 Å². The van der Waals surface area contributed by atoms with E-state index in [0.717, 1.165) is 49.9 Å². The summed E-state index contributed by atoms with van der Waals surface area (Å²) in [6.07, 6.45) is 8.26. The fourth-order valence-electron chi connectivity index (χ4n) is 4.48. The SMILES string of the molecule is CC(C)(C)OC(=O)N1CCC(N/C=C(\C=N)c2cnc3cccc(C4CCOCC4)c3n2)CC1. The van der Waals surface area contributed by atoms with Crippen LogP contribution in [-0.4, -0.2) is 65.1 Å². The average molecular weight is 466 g/mol. The third kappa shape index (κ3) is 5.91. The van der Waals surface area contributed by atoms with Crippen LogP contribution in [0.15, 0.2) is 30.6 Å². The first kappa shape index (κ1) is 24.1. The normalized spacial score (nSPS) is 18.7. The van der Waals surface area contributed by atoms with Gasteiger partial charge in [0.1, 0.15) is 5.60 Å². The van der Waals surface area contributed by atoms with Gasteiger partial charge in [0, 0.05) is 50.3 Å². The fourth-order valence-corrected chi connectivity index (χ4v) is 4.48. The number of nitrogens with one attached hydrogen (secondary N) is 2. The molecule has 2 aliphatic rings. The summed E-state index contributed by atoms with van der Waals surface area (Å²) in [5.41, 5.74) is 3.87. The van der Waals surface area contributed by atoms with E-state index < -0.39 is 5.60 Å². The molecule has 0 aliphatic carbocycles. The first-order valence-corrected chi connectivity index (χ1v) is 12.1. The van der Waals surface area contributed by atoms with Crippen LogP contribution in [0.4, 0.5) is 4.79 Å². The van der Waals surface area contributed by atoms with Crippen LogP contribution in [0.3, 0.4) is 0 Å². The molecule has 2 aromatic rings. The van der Waals surface area contributed by atoms with Gasteiger partial charge in [-0.25, -0.2) is 9.78 Å². The van der Waals surface area contributed by atoms with Gasteiger partial charge >= 0.3 is 6.09 Å². The van der Waals surface area contributed by atoms with Gasteiger partial charge in [-0.15, -0.1) is 0 Å². The summed E-state index contributed by atoms with van der Waals surface area (Å²) < 4.78 is 11.0.